The Morgan fingerprint density at radius 2 is 1.68 bits per heavy atom. The second kappa shape index (κ2) is 10.9. The van der Waals surface area contributed by atoms with Gasteiger partial charge in [-0.2, -0.15) is 0 Å². The van der Waals surface area contributed by atoms with E-state index in [0.717, 1.165) is 37.2 Å². The van der Waals surface area contributed by atoms with E-state index in [1.807, 2.05) is 70.2 Å². The van der Waals surface area contributed by atoms with Gasteiger partial charge in [-0.3, -0.25) is 0 Å². The van der Waals surface area contributed by atoms with E-state index in [4.69, 9.17) is 19.4 Å². The first-order valence-corrected chi connectivity index (χ1v) is 12.8. The number of anilines is 1. The lowest BCUT2D eigenvalue weighted by Gasteiger charge is -2.40. The second-order valence-corrected chi connectivity index (χ2v) is 11.1. The molecule has 0 unspecified atom stereocenters. The minimum absolute atomic E-state index is 0.0272. The predicted molar refractivity (Wildman–Crippen MR) is 142 cm³/mol. The summed E-state index contributed by atoms with van der Waals surface area (Å²) in [5.74, 6) is 0.231. The molecule has 0 radical (unpaired) electrons. The summed E-state index contributed by atoms with van der Waals surface area (Å²) in [6.45, 7) is 11.6. The van der Waals surface area contributed by atoms with Crippen LogP contribution in [-0.4, -0.2) is 34.6 Å². The lowest BCUT2D eigenvalue weighted by Crippen LogP contribution is -2.40. The molecule has 1 saturated heterocycles. The lowest BCUT2D eigenvalue weighted by molar-refractivity contribution is 0.00570. The van der Waals surface area contributed by atoms with Crippen molar-refractivity contribution in [1.82, 2.24) is 9.97 Å². The molecule has 2 heterocycles. The van der Waals surface area contributed by atoms with Crippen LogP contribution in [0.25, 0.3) is 0 Å². The van der Waals surface area contributed by atoms with Gasteiger partial charge in [0.05, 0.1) is 5.69 Å². The summed E-state index contributed by atoms with van der Waals surface area (Å²) < 4.78 is 25.1. The number of aromatic nitrogens is 2. The number of halogens is 1. The molecule has 0 N–H and O–H groups in total. The zero-order chi connectivity index (χ0) is 26.6. The number of hydrogen-bond acceptors (Lipinski definition) is 6. The molecule has 0 bridgehead atoms. The quantitative estimate of drug-likeness (QED) is 0.351. The molecule has 4 rings (SSSR count). The van der Waals surface area contributed by atoms with Gasteiger partial charge < -0.3 is 14.4 Å². The summed E-state index contributed by atoms with van der Waals surface area (Å²) in [4.78, 5) is 24.9. The topological polar surface area (TPSA) is 64.6 Å². The highest BCUT2D eigenvalue weighted by Crippen LogP contribution is 2.36. The van der Waals surface area contributed by atoms with Crippen molar-refractivity contribution in [3.63, 3.8) is 0 Å². The molecule has 7 heteroatoms. The number of ether oxygens (including phenoxy) is 2. The standard InChI is InChI=1S/C30H36FN3O3/c1-21-27(36-20-22-9-7-6-8-10-22)26(28(35)37-29(2,3)4)33-25(32-21)19-30(5)15-17-34(18-16-30)24-13-11-23(31)12-14-24/h6-14H,15-20H2,1-5H3. The van der Waals surface area contributed by atoms with Crippen molar-refractivity contribution in [2.45, 2.75) is 66.1 Å². The molecular weight excluding hydrogens is 469 g/mol. The Balaban J connectivity index is 1.53. The van der Waals surface area contributed by atoms with Gasteiger partial charge in [-0.15, -0.1) is 0 Å². The zero-order valence-electron chi connectivity index (χ0n) is 22.4. The van der Waals surface area contributed by atoms with Crippen LogP contribution in [0.3, 0.4) is 0 Å². The van der Waals surface area contributed by atoms with E-state index in [9.17, 15) is 9.18 Å². The SMILES string of the molecule is Cc1nc(CC2(C)CCN(c3ccc(F)cc3)CC2)nc(C(=O)OC(C)(C)C)c1OCc1ccccc1. The molecule has 0 atom stereocenters. The van der Waals surface area contributed by atoms with Gasteiger partial charge in [0.1, 0.15) is 23.8 Å². The number of aryl methyl sites for hydroxylation is 1. The maximum absolute atomic E-state index is 13.3. The van der Waals surface area contributed by atoms with Gasteiger partial charge in [0.15, 0.2) is 11.4 Å². The van der Waals surface area contributed by atoms with E-state index in [-0.39, 0.29) is 16.9 Å². The van der Waals surface area contributed by atoms with Crippen LogP contribution < -0.4 is 9.64 Å². The zero-order valence-corrected chi connectivity index (χ0v) is 22.4. The van der Waals surface area contributed by atoms with Crippen LogP contribution in [0.5, 0.6) is 5.75 Å². The molecule has 1 fully saturated rings. The van der Waals surface area contributed by atoms with Gasteiger partial charge in [-0.25, -0.2) is 19.2 Å². The Morgan fingerprint density at radius 3 is 2.30 bits per heavy atom. The average Bonchev–Trinajstić information content (AvgIpc) is 2.84. The van der Waals surface area contributed by atoms with Gasteiger partial charge in [0.25, 0.3) is 0 Å². The first-order chi connectivity index (χ1) is 17.5. The Labute approximate surface area is 218 Å². The Bertz CT molecular complexity index is 1220. The summed E-state index contributed by atoms with van der Waals surface area (Å²) >= 11 is 0. The second-order valence-electron chi connectivity index (χ2n) is 11.1. The summed E-state index contributed by atoms with van der Waals surface area (Å²) in [6.07, 6.45) is 2.50. The van der Waals surface area contributed by atoms with E-state index in [1.165, 1.54) is 12.1 Å². The van der Waals surface area contributed by atoms with E-state index >= 15 is 0 Å². The van der Waals surface area contributed by atoms with Crippen molar-refractivity contribution in [2.24, 2.45) is 5.41 Å². The highest BCUT2D eigenvalue weighted by molar-refractivity contribution is 5.90. The highest BCUT2D eigenvalue weighted by Gasteiger charge is 2.33. The number of carbonyl (C=O) groups is 1. The molecule has 1 aliphatic heterocycles. The summed E-state index contributed by atoms with van der Waals surface area (Å²) in [5, 5.41) is 0. The molecule has 6 nitrogen and oxygen atoms in total. The summed E-state index contributed by atoms with van der Waals surface area (Å²) in [5.41, 5.74) is 2.12. The van der Waals surface area contributed by atoms with Gasteiger partial charge in [0, 0.05) is 25.2 Å². The monoisotopic (exact) mass is 505 g/mol. The molecular formula is C30H36FN3O3. The molecule has 0 saturated carbocycles. The molecule has 0 amide bonds. The van der Waals surface area contributed by atoms with Crippen molar-refractivity contribution in [2.75, 3.05) is 18.0 Å². The van der Waals surface area contributed by atoms with Gasteiger partial charge in [-0.1, -0.05) is 37.3 Å². The van der Waals surface area contributed by atoms with Gasteiger partial charge in [-0.05, 0) is 75.8 Å². The van der Waals surface area contributed by atoms with E-state index in [1.54, 1.807) is 0 Å². The number of nitrogens with zero attached hydrogens (tertiary/aromatic N) is 3. The van der Waals surface area contributed by atoms with E-state index in [0.29, 0.717) is 30.3 Å². The van der Waals surface area contributed by atoms with Gasteiger partial charge >= 0.3 is 5.97 Å². The van der Waals surface area contributed by atoms with Crippen molar-refractivity contribution in [3.8, 4) is 5.75 Å². The minimum Gasteiger partial charge on any atom is -0.484 e. The Kier molecular flexibility index (Phi) is 7.81. The summed E-state index contributed by atoms with van der Waals surface area (Å²) in [6, 6.07) is 16.4. The minimum atomic E-state index is -0.661. The maximum atomic E-state index is 13.3. The smallest absolute Gasteiger partial charge is 0.361 e. The van der Waals surface area contributed by atoms with Crippen LogP contribution in [0, 0.1) is 18.2 Å². The highest BCUT2D eigenvalue weighted by atomic mass is 19.1. The molecule has 2 aromatic carbocycles. The molecule has 0 spiro atoms. The van der Waals surface area contributed by atoms with Crippen molar-refractivity contribution in [1.29, 1.82) is 0 Å². The van der Waals surface area contributed by atoms with Crippen molar-refractivity contribution >= 4 is 11.7 Å². The van der Waals surface area contributed by atoms with Crippen LogP contribution in [0.4, 0.5) is 10.1 Å². The number of piperidine rings is 1. The van der Waals surface area contributed by atoms with Crippen LogP contribution in [-0.2, 0) is 17.8 Å². The van der Waals surface area contributed by atoms with Crippen molar-refractivity contribution < 1.29 is 18.7 Å². The third-order valence-corrected chi connectivity index (χ3v) is 6.65. The van der Waals surface area contributed by atoms with Crippen LogP contribution >= 0.6 is 0 Å². The predicted octanol–water partition coefficient (Wildman–Crippen LogP) is 6.31. The lowest BCUT2D eigenvalue weighted by atomic mass is 9.77. The number of hydrogen-bond donors (Lipinski definition) is 0. The van der Waals surface area contributed by atoms with Crippen molar-refractivity contribution in [3.05, 3.63) is 83.2 Å². The maximum Gasteiger partial charge on any atom is 0.361 e. The molecule has 196 valence electrons. The van der Waals surface area contributed by atoms with Crippen LogP contribution in [0.15, 0.2) is 54.6 Å². The molecule has 1 aromatic heterocycles. The number of carbonyl (C=O) groups excluding carboxylic acids is 1. The number of benzene rings is 2. The third kappa shape index (κ3) is 7.06. The average molecular weight is 506 g/mol. The molecule has 3 aromatic rings. The largest absolute Gasteiger partial charge is 0.484 e. The Hall–Kier alpha value is -3.48. The number of esters is 1. The number of rotatable bonds is 7. The first kappa shape index (κ1) is 26.6. The fraction of sp³-hybridized carbons (Fsp3) is 0.433. The fourth-order valence-electron chi connectivity index (χ4n) is 4.58. The van der Waals surface area contributed by atoms with E-state index in [2.05, 4.69) is 11.8 Å². The Morgan fingerprint density at radius 1 is 1.03 bits per heavy atom. The third-order valence-electron chi connectivity index (χ3n) is 6.65. The first-order valence-electron chi connectivity index (χ1n) is 12.8. The van der Waals surface area contributed by atoms with Gasteiger partial charge in [0.2, 0.25) is 0 Å². The fourth-order valence-corrected chi connectivity index (χ4v) is 4.58. The molecule has 0 aliphatic carbocycles. The van der Waals surface area contributed by atoms with Crippen LogP contribution in [0.2, 0.25) is 0 Å². The molecule has 37 heavy (non-hydrogen) atoms. The normalized spacial score (nSPS) is 15.4. The summed E-state index contributed by atoms with van der Waals surface area (Å²) in [7, 11) is 0. The van der Waals surface area contributed by atoms with Crippen LogP contribution in [0.1, 0.15) is 68.1 Å². The van der Waals surface area contributed by atoms with E-state index < -0.39 is 11.6 Å². The molecule has 1 aliphatic rings.